The Hall–Kier alpha value is -1.51. The number of carbonyl (C=O) groups is 1. The zero-order chi connectivity index (χ0) is 20.5. The number of rotatable bonds is 7. The molecule has 0 unspecified atom stereocenters. The van der Waals surface area contributed by atoms with Gasteiger partial charge >= 0.3 is 0 Å². The zero-order valence-corrected chi connectivity index (χ0v) is 20.7. The normalized spacial score (nSPS) is 18.1. The van der Waals surface area contributed by atoms with Crippen molar-refractivity contribution in [1.82, 2.24) is 15.5 Å². The first kappa shape index (κ1) is 24.8. The van der Waals surface area contributed by atoms with Crippen molar-refractivity contribution in [2.45, 2.75) is 64.5 Å². The minimum Gasteiger partial charge on any atom is -0.490 e. The van der Waals surface area contributed by atoms with Crippen LogP contribution in [0.2, 0.25) is 0 Å². The van der Waals surface area contributed by atoms with Crippen molar-refractivity contribution < 1.29 is 9.53 Å². The van der Waals surface area contributed by atoms with Crippen LogP contribution in [0.4, 0.5) is 0 Å². The number of hydrogen-bond acceptors (Lipinski definition) is 3. The Balaban J connectivity index is 0.00000320. The van der Waals surface area contributed by atoms with Gasteiger partial charge in [0, 0.05) is 38.7 Å². The molecule has 3 rings (SSSR count). The summed E-state index contributed by atoms with van der Waals surface area (Å²) in [5.74, 6) is 2.54. The number of guanidine groups is 1. The first-order valence-corrected chi connectivity index (χ1v) is 11.2. The molecule has 0 aromatic heterocycles. The van der Waals surface area contributed by atoms with E-state index in [9.17, 15) is 4.79 Å². The largest absolute Gasteiger partial charge is 0.490 e. The Labute approximate surface area is 198 Å². The molecule has 2 N–H and O–H groups in total. The van der Waals surface area contributed by atoms with Gasteiger partial charge in [-0.15, -0.1) is 24.0 Å². The second kappa shape index (κ2) is 13.0. The maximum absolute atomic E-state index is 11.6. The van der Waals surface area contributed by atoms with Crippen LogP contribution in [-0.2, 0) is 11.3 Å². The molecule has 1 aliphatic heterocycles. The number of piperidine rings is 1. The van der Waals surface area contributed by atoms with Crippen molar-refractivity contribution in [2.24, 2.45) is 10.9 Å². The van der Waals surface area contributed by atoms with Crippen LogP contribution in [0, 0.1) is 5.92 Å². The summed E-state index contributed by atoms with van der Waals surface area (Å²) in [4.78, 5) is 18.9. The Kier molecular flexibility index (Phi) is 10.7. The van der Waals surface area contributed by atoms with Crippen molar-refractivity contribution in [3.63, 3.8) is 0 Å². The molecule has 1 amide bonds. The fraction of sp³-hybridized carbons (Fsp3) is 0.652. The average molecular weight is 528 g/mol. The predicted molar refractivity (Wildman–Crippen MR) is 133 cm³/mol. The second-order valence-electron chi connectivity index (χ2n) is 8.11. The maximum atomic E-state index is 11.6. The fourth-order valence-electron chi connectivity index (χ4n) is 4.23. The third-order valence-corrected chi connectivity index (χ3v) is 5.97. The van der Waals surface area contributed by atoms with E-state index in [1.54, 1.807) is 7.05 Å². The van der Waals surface area contributed by atoms with Gasteiger partial charge in [0.1, 0.15) is 5.75 Å². The Morgan fingerprint density at radius 3 is 2.53 bits per heavy atom. The third kappa shape index (κ3) is 7.32. The SMILES string of the molecule is CCNC(=NCc1ccccc1OC1CCCC1)N1CCC(CC(=O)NC)CC1.I. The first-order valence-electron chi connectivity index (χ1n) is 11.2. The summed E-state index contributed by atoms with van der Waals surface area (Å²) < 4.78 is 6.26. The molecule has 7 heteroatoms. The van der Waals surface area contributed by atoms with E-state index in [0.717, 1.165) is 62.6 Å². The number of ether oxygens (including phenoxy) is 1. The van der Waals surface area contributed by atoms with Gasteiger partial charge in [0.25, 0.3) is 0 Å². The molecule has 1 aromatic carbocycles. The Bertz CT molecular complexity index is 684. The number of para-hydroxylation sites is 1. The van der Waals surface area contributed by atoms with Gasteiger partial charge in [-0.25, -0.2) is 4.99 Å². The van der Waals surface area contributed by atoms with Crippen molar-refractivity contribution in [3.8, 4) is 5.75 Å². The highest BCUT2D eigenvalue weighted by molar-refractivity contribution is 14.0. The fourth-order valence-corrected chi connectivity index (χ4v) is 4.23. The number of benzene rings is 1. The van der Waals surface area contributed by atoms with Crippen molar-refractivity contribution >= 4 is 35.8 Å². The van der Waals surface area contributed by atoms with E-state index >= 15 is 0 Å². The van der Waals surface area contributed by atoms with E-state index in [-0.39, 0.29) is 29.9 Å². The minimum atomic E-state index is 0. The summed E-state index contributed by atoms with van der Waals surface area (Å²) in [6.45, 7) is 5.44. The molecule has 168 valence electrons. The van der Waals surface area contributed by atoms with E-state index < -0.39 is 0 Å². The summed E-state index contributed by atoms with van der Waals surface area (Å²) in [6, 6.07) is 8.29. The smallest absolute Gasteiger partial charge is 0.220 e. The summed E-state index contributed by atoms with van der Waals surface area (Å²) in [5.41, 5.74) is 1.14. The standard InChI is InChI=1S/C23H36N4O2.HI/c1-3-25-23(27-14-12-18(13-15-27)16-22(28)24-2)26-17-19-8-4-7-11-21(19)29-20-9-5-6-10-20;/h4,7-8,11,18,20H,3,5-6,9-10,12-17H2,1-2H3,(H,24,28)(H,25,26);1H. The minimum absolute atomic E-state index is 0. The lowest BCUT2D eigenvalue weighted by atomic mass is 9.93. The maximum Gasteiger partial charge on any atom is 0.220 e. The van der Waals surface area contributed by atoms with Crippen molar-refractivity contribution in [1.29, 1.82) is 0 Å². The molecule has 1 saturated heterocycles. The summed E-state index contributed by atoms with van der Waals surface area (Å²) in [5, 5.41) is 6.17. The molecule has 0 atom stereocenters. The van der Waals surface area contributed by atoms with E-state index in [1.165, 1.54) is 12.8 Å². The van der Waals surface area contributed by atoms with Gasteiger partial charge in [0.2, 0.25) is 5.91 Å². The number of likely N-dealkylation sites (tertiary alicyclic amines) is 1. The van der Waals surface area contributed by atoms with Crippen LogP contribution in [0.25, 0.3) is 0 Å². The van der Waals surface area contributed by atoms with Gasteiger partial charge in [0.15, 0.2) is 5.96 Å². The first-order chi connectivity index (χ1) is 14.2. The van der Waals surface area contributed by atoms with Crippen LogP contribution in [0.3, 0.4) is 0 Å². The van der Waals surface area contributed by atoms with E-state index in [0.29, 0.717) is 25.0 Å². The van der Waals surface area contributed by atoms with Crippen molar-refractivity contribution in [3.05, 3.63) is 29.8 Å². The molecular formula is C23H37IN4O2. The van der Waals surface area contributed by atoms with Gasteiger partial charge in [0.05, 0.1) is 12.6 Å². The van der Waals surface area contributed by atoms with Gasteiger partial charge in [-0.05, 0) is 57.4 Å². The summed E-state index contributed by atoms with van der Waals surface area (Å²) in [7, 11) is 1.71. The highest BCUT2D eigenvalue weighted by Gasteiger charge is 2.23. The van der Waals surface area contributed by atoms with E-state index in [2.05, 4.69) is 40.7 Å². The number of nitrogens with one attached hydrogen (secondary N) is 2. The van der Waals surface area contributed by atoms with Crippen LogP contribution >= 0.6 is 24.0 Å². The topological polar surface area (TPSA) is 66.0 Å². The zero-order valence-electron chi connectivity index (χ0n) is 18.4. The molecule has 0 radical (unpaired) electrons. The monoisotopic (exact) mass is 528 g/mol. The summed E-state index contributed by atoms with van der Waals surface area (Å²) >= 11 is 0. The molecule has 2 fully saturated rings. The van der Waals surface area contributed by atoms with Crippen LogP contribution < -0.4 is 15.4 Å². The summed E-state index contributed by atoms with van der Waals surface area (Å²) in [6.07, 6.45) is 7.89. The Morgan fingerprint density at radius 2 is 1.87 bits per heavy atom. The molecule has 1 aromatic rings. The second-order valence-corrected chi connectivity index (χ2v) is 8.11. The molecule has 2 aliphatic rings. The molecule has 1 aliphatic carbocycles. The lowest BCUT2D eigenvalue weighted by Gasteiger charge is -2.34. The van der Waals surface area contributed by atoms with Crippen LogP contribution in [-0.4, -0.2) is 49.6 Å². The number of hydrogen-bond donors (Lipinski definition) is 2. The van der Waals surface area contributed by atoms with E-state index in [4.69, 9.17) is 9.73 Å². The van der Waals surface area contributed by atoms with Crippen molar-refractivity contribution in [2.75, 3.05) is 26.7 Å². The molecule has 30 heavy (non-hydrogen) atoms. The third-order valence-electron chi connectivity index (χ3n) is 5.97. The number of aliphatic imine (C=N–C) groups is 1. The van der Waals surface area contributed by atoms with Crippen LogP contribution in [0.1, 0.15) is 57.4 Å². The number of halogens is 1. The predicted octanol–water partition coefficient (Wildman–Crippen LogP) is 3.94. The van der Waals surface area contributed by atoms with Gasteiger partial charge in [-0.3, -0.25) is 4.79 Å². The van der Waals surface area contributed by atoms with Crippen LogP contribution in [0.15, 0.2) is 29.3 Å². The molecule has 0 bridgehead atoms. The number of carbonyl (C=O) groups excluding carboxylic acids is 1. The molecule has 1 heterocycles. The van der Waals surface area contributed by atoms with Gasteiger partial charge < -0.3 is 20.3 Å². The molecule has 0 spiro atoms. The quantitative estimate of drug-likeness (QED) is 0.320. The highest BCUT2D eigenvalue weighted by Crippen LogP contribution is 2.27. The lowest BCUT2D eigenvalue weighted by Crippen LogP contribution is -2.46. The number of amides is 1. The highest BCUT2D eigenvalue weighted by atomic mass is 127. The Morgan fingerprint density at radius 1 is 1.17 bits per heavy atom. The molecular weight excluding hydrogens is 491 g/mol. The van der Waals surface area contributed by atoms with Gasteiger partial charge in [-0.2, -0.15) is 0 Å². The molecule has 6 nitrogen and oxygen atoms in total. The van der Waals surface area contributed by atoms with E-state index in [1.807, 2.05) is 6.07 Å². The van der Waals surface area contributed by atoms with Crippen LogP contribution in [0.5, 0.6) is 5.75 Å². The molecule has 1 saturated carbocycles. The van der Waals surface area contributed by atoms with Gasteiger partial charge in [-0.1, -0.05) is 18.2 Å². The lowest BCUT2D eigenvalue weighted by molar-refractivity contribution is -0.121. The number of nitrogens with zero attached hydrogens (tertiary/aromatic N) is 2. The average Bonchev–Trinajstić information content (AvgIpc) is 3.26.